The number of aliphatic imine (C=N–C) groups is 1. The maximum Gasteiger partial charge on any atom is 0.191 e. The second kappa shape index (κ2) is 14.2. The Kier molecular flexibility index (Phi) is 12.0. The Morgan fingerprint density at radius 1 is 1.12 bits per heavy atom. The molecule has 9 heteroatoms. The number of ether oxygens (including phenoxy) is 1. The maximum absolute atomic E-state index is 5.54. The highest BCUT2D eigenvalue weighted by molar-refractivity contribution is 14.0. The molecule has 1 unspecified atom stereocenters. The quantitative estimate of drug-likeness (QED) is 0.287. The third kappa shape index (κ3) is 8.64. The Morgan fingerprint density at radius 3 is 2.50 bits per heavy atom. The molecule has 3 rings (SSSR count). The first-order chi connectivity index (χ1) is 15.0. The fourth-order valence-corrected chi connectivity index (χ4v) is 4.25. The summed E-state index contributed by atoms with van der Waals surface area (Å²) in [5.41, 5.74) is 1.22. The Labute approximate surface area is 211 Å². The van der Waals surface area contributed by atoms with Crippen LogP contribution in [0.25, 0.3) is 0 Å². The van der Waals surface area contributed by atoms with Gasteiger partial charge < -0.3 is 25.2 Å². The second-order valence-corrected chi connectivity index (χ2v) is 9.05. The fourth-order valence-electron chi connectivity index (χ4n) is 4.25. The number of pyridine rings is 1. The van der Waals surface area contributed by atoms with Crippen LogP contribution in [0.3, 0.4) is 0 Å². The summed E-state index contributed by atoms with van der Waals surface area (Å²) >= 11 is 0. The van der Waals surface area contributed by atoms with Crippen LogP contribution in [0.2, 0.25) is 0 Å². The topological polar surface area (TPSA) is 68.3 Å². The molecule has 0 aliphatic carbocycles. The van der Waals surface area contributed by atoms with Crippen LogP contribution in [0.15, 0.2) is 23.3 Å². The van der Waals surface area contributed by atoms with E-state index in [4.69, 9.17) is 4.74 Å². The molecule has 1 aromatic heterocycles. The van der Waals surface area contributed by atoms with E-state index >= 15 is 0 Å². The molecule has 1 atom stereocenters. The van der Waals surface area contributed by atoms with Crippen molar-refractivity contribution in [2.24, 2.45) is 10.9 Å². The van der Waals surface area contributed by atoms with Gasteiger partial charge in [0, 0.05) is 71.6 Å². The molecule has 2 aliphatic heterocycles. The summed E-state index contributed by atoms with van der Waals surface area (Å²) in [5.74, 6) is 2.58. The van der Waals surface area contributed by atoms with Crippen LogP contribution < -0.4 is 15.5 Å². The van der Waals surface area contributed by atoms with Gasteiger partial charge in [-0.2, -0.15) is 0 Å². The van der Waals surface area contributed by atoms with Crippen molar-refractivity contribution in [3.8, 4) is 0 Å². The first kappa shape index (κ1) is 27.1. The normalized spacial score (nSPS) is 19.5. The zero-order valence-electron chi connectivity index (χ0n) is 20.2. The number of halogens is 1. The van der Waals surface area contributed by atoms with Gasteiger partial charge in [-0.1, -0.05) is 13.8 Å². The summed E-state index contributed by atoms with van der Waals surface area (Å²) < 4.78 is 5.54. The van der Waals surface area contributed by atoms with Gasteiger partial charge in [-0.3, -0.25) is 9.89 Å². The van der Waals surface area contributed by atoms with Crippen LogP contribution in [-0.2, 0) is 11.3 Å². The fraction of sp³-hybridized carbons (Fsp3) is 0.739. The van der Waals surface area contributed by atoms with Crippen LogP contribution >= 0.6 is 24.0 Å². The van der Waals surface area contributed by atoms with Crippen LogP contribution in [0.1, 0.15) is 25.8 Å². The number of rotatable bonds is 8. The predicted octanol–water partition coefficient (Wildman–Crippen LogP) is 1.86. The maximum atomic E-state index is 5.54. The molecule has 0 aromatic carbocycles. The Morgan fingerprint density at radius 2 is 1.84 bits per heavy atom. The lowest BCUT2D eigenvalue weighted by Gasteiger charge is -2.35. The number of nitrogens with zero attached hydrogens (tertiary/aromatic N) is 5. The SMILES string of the molecule is CN=C(NCc1ccnc(N2CCN(C)CC2)c1)NCC(CC(C)C)N1CCOCC1.I. The molecule has 1 aromatic rings. The molecule has 2 N–H and O–H groups in total. The Bertz CT molecular complexity index is 689. The Hall–Kier alpha value is -1.17. The summed E-state index contributed by atoms with van der Waals surface area (Å²) in [4.78, 5) is 16.3. The number of anilines is 1. The van der Waals surface area contributed by atoms with E-state index in [-0.39, 0.29) is 24.0 Å². The molecular formula is C23H42IN7O. The van der Waals surface area contributed by atoms with E-state index in [2.05, 4.69) is 68.3 Å². The molecule has 0 amide bonds. The summed E-state index contributed by atoms with van der Waals surface area (Å²) in [6.45, 7) is 14.1. The molecule has 0 radical (unpaired) electrons. The van der Waals surface area contributed by atoms with Gasteiger partial charge in [0.15, 0.2) is 5.96 Å². The zero-order valence-corrected chi connectivity index (χ0v) is 22.5. The van der Waals surface area contributed by atoms with Crippen LogP contribution in [0.5, 0.6) is 0 Å². The lowest BCUT2D eigenvalue weighted by Crippen LogP contribution is -2.51. The monoisotopic (exact) mass is 559 g/mol. The minimum absolute atomic E-state index is 0. The van der Waals surface area contributed by atoms with Crippen molar-refractivity contribution in [1.82, 2.24) is 25.4 Å². The van der Waals surface area contributed by atoms with Crippen molar-refractivity contribution in [1.29, 1.82) is 0 Å². The average molecular weight is 560 g/mol. The van der Waals surface area contributed by atoms with Gasteiger partial charge in [0.1, 0.15) is 5.82 Å². The van der Waals surface area contributed by atoms with E-state index in [1.54, 1.807) is 0 Å². The lowest BCUT2D eigenvalue weighted by molar-refractivity contribution is 0.0132. The number of hydrogen-bond acceptors (Lipinski definition) is 6. The average Bonchev–Trinajstić information content (AvgIpc) is 2.79. The summed E-state index contributed by atoms with van der Waals surface area (Å²) in [6, 6.07) is 4.77. The third-order valence-corrected chi connectivity index (χ3v) is 6.13. The van der Waals surface area contributed by atoms with Gasteiger partial charge in [-0.25, -0.2) is 4.98 Å². The molecule has 182 valence electrons. The van der Waals surface area contributed by atoms with E-state index in [0.717, 1.165) is 77.3 Å². The molecule has 8 nitrogen and oxygen atoms in total. The highest BCUT2D eigenvalue weighted by atomic mass is 127. The lowest BCUT2D eigenvalue weighted by atomic mass is 10.0. The number of likely N-dealkylation sites (N-methyl/N-ethyl adjacent to an activating group) is 1. The van der Waals surface area contributed by atoms with E-state index < -0.39 is 0 Å². The number of nitrogens with one attached hydrogen (secondary N) is 2. The highest BCUT2D eigenvalue weighted by Gasteiger charge is 2.22. The van der Waals surface area contributed by atoms with Crippen molar-refractivity contribution >= 4 is 35.8 Å². The summed E-state index contributed by atoms with van der Waals surface area (Å²) in [7, 11) is 4.01. The first-order valence-corrected chi connectivity index (χ1v) is 11.7. The van der Waals surface area contributed by atoms with Crippen molar-refractivity contribution < 1.29 is 4.74 Å². The van der Waals surface area contributed by atoms with Crippen LogP contribution in [0, 0.1) is 5.92 Å². The van der Waals surface area contributed by atoms with Gasteiger partial charge in [-0.15, -0.1) is 24.0 Å². The van der Waals surface area contributed by atoms with Crippen LogP contribution in [0.4, 0.5) is 5.82 Å². The number of piperazine rings is 1. The van der Waals surface area contributed by atoms with Gasteiger partial charge in [0.2, 0.25) is 0 Å². The summed E-state index contributed by atoms with van der Waals surface area (Å²) in [6.07, 6.45) is 3.08. The van der Waals surface area contributed by atoms with Crippen molar-refractivity contribution in [3.63, 3.8) is 0 Å². The van der Waals surface area contributed by atoms with E-state index in [1.807, 2.05) is 13.2 Å². The molecule has 3 heterocycles. The van der Waals surface area contributed by atoms with Gasteiger partial charge in [-0.05, 0) is 37.1 Å². The van der Waals surface area contributed by atoms with Gasteiger partial charge in [0.25, 0.3) is 0 Å². The molecule has 2 aliphatic rings. The largest absolute Gasteiger partial charge is 0.379 e. The molecule has 0 saturated carbocycles. The molecule has 32 heavy (non-hydrogen) atoms. The zero-order chi connectivity index (χ0) is 22.1. The number of aromatic nitrogens is 1. The van der Waals surface area contributed by atoms with E-state index in [9.17, 15) is 0 Å². The van der Waals surface area contributed by atoms with Crippen molar-refractivity contribution in [2.45, 2.75) is 32.9 Å². The molecule has 0 spiro atoms. The predicted molar refractivity (Wildman–Crippen MR) is 143 cm³/mol. The van der Waals surface area contributed by atoms with Crippen LogP contribution in [-0.4, -0.2) is 99.9 Å². The van der Waals surface area contributed by atoms with Gasteiger partial charge in [0.05, 0.1) is 13.2 Å². The smallest absolute Gasteiger partial charge is 0.191 e. The van der Waals surface area contributed by atoms with Crippen molar-refractivity contribution in [3.05, 3.63) is 23.9 Å². The molecular weight excluding hydrogens is 517 g/mol. The molecule has 0 bridgehead atoms. The molecule has 2 saturated heterocycles. The van der Waals surface area contributed by atoms with E-state index in [0.29, 0.717) is 12.0 Å². The first-order valence-electron chi connectivity index (χ1n) is 11.7. The van der Waals surface area contributed by atoms with Crippen molar-refractivity contribution in [2.75, 3.05) is 78.0 Å². The standard InChI is InChI=1S/C23H41N7O.HI/c1-19(2)15-21(29-11-13-31-14-12-29)18-27-23(24-3)26-17-20-5-6-25-22(16-20)30-9-7-28(4)8-10-30;/h5-6,16,19,21H,7-15,17-18H2,1-4H3,(H2,24,26,27);1H. The number of hydrogen-bond donors (Lipinski definition) is 2. The van der Waals surface area contributed by atoms with Gasteiger partial charge >= 0.3 is 0 Å². The number of guanidine groups is 1. The highest BCUT2D eigenvalue weighted by Crippen LogP contribution is 2.15. The minimum Gasteiger partial charge on any atom is -0.379 e. The second-order valence-electron chi connectivity index (χ2n) is 9.05. The summed E-state index contributed by atoms with van der Waals surface area (Å²) in [5, 5.41) is 7.03. The van der Waals surface area contributed by atoms with E-state index in [1.165, 1.54) is 12.0 Å². The minimum atomic E-state index is 0. The Balaban J connectivity index is 0.00000363. The third-order valence-electron chi connectivity index (χ3n) is 6.13. The molecule has 2 fully saturated rings. The number of morpholine rings is 1.